The molecule has 21 heavy (non-hydrogen) atoms. The standard InChI is InChI=1S/C15H21N3O2S/c1-10(2)15(5-6-15)9-18-21(19,20)14-8-17-13-7-11(16)3-4-12(13)14/h3-4,7-8,10,17-18H,5-6,9,16H2,1-2H3. The minimum atomic E-state index is -3.51. The van der Waals surface area contributed by atoms with Gasteiger partial charge in [-0.3, -0.25) is 0 Å². The van der Waals surface area contributed by atoms with E-state index in [1.165, 1.54) is 6.20 Å². The van der Waals surface area contributed by atoms with Crippen LogP contribution in [-0.2, 0) is 10.0 Å². The van der Waals surface area contributed by atoms with Gasteiger partial charge in [0, 0.05) is 29.3 Å². The zero-order chi connectivity index (χ0) is 15.3. The number of rotatable bonds is 5. The van der Waals surface area contributed by atoms with Crippen molar-refractivity contribution in [3.63, 3.8) is 0 Å². The summed E-state index contributed by atoms with van der Waals surface area (Å²) >= 11 is 0. The van der Waals surface area contributed by atoms with Gasteiger partial charge in [0.2, 0.25) is 10.0 Å². The van der Waals surface area contributed by atoms with Gasteiger partial charge in [-0.05, 0) is 42.4 Å². The lowest BCUT2D eigenvalue weighted by Gasteiger charge is -2.19. The van der Waals surface area contributed by atoms with E-state index in [0.717, 1.165) is 18.4 Å². The fourth-order valence-electron chi connectivity index (χ4n) is 2.77. The van der Waals surface area contributed by atoms with Crippen LogP contribution >= 0.6 is 0 Å². The number of sulfonamides is 1. The first-order valence-electron chi connectivity index (χ1n) is 7.20. The van der Waals surface area contributed by atoms with Crippen LogP contribution in [0.1, 0.15) is 26.7 Å². The smallest absolute Gasteiger partial charge is 0.242 e. The maximum absolute atomic E-state index is 12.5. The van der Waals surface area contributed by atoms with Gasteiger partial charge in [0.25, 0.3) is 0 Å². The minimum Gasteiger partial charge on any atom is -0.399 e. The molecule has 4 N–H and O–H groups in total. The molecule has 0 amide bonds. The average molecular weight is 307 g/mol. The van der Waals surface area contributed by atoms with Crippen LogP contribution in [0.2, 0.25) is 0 Å². The lowest BCUT2D eigenvalue weighted by atomic mass is 9.93. The third-order valence-corrected chi connectivity index (χ3v) is 6.13. The summed E-state index contributed by atoms with van der Waals surface area (Å²) < 4.78 is 27.8. The van der Waals surface area contributed by atoms with E-state index in [0.29, 0.717) is 23.5 Å². The number of fused-ring (bicyclic) bond motifs is 1. The second-order valence-electron chi connectivity index (χ2n) is 6.30. The van der Waals surface area contributed by atoms with Crippen molar-refractivity contribution >= 4 is 26.6 Å². The molecule has 2 aromatic rings. The molecule has 114 valence electrons. The molecule has 1 aliphatic rings. The summed E-state index contributed by atoms with van der Waals surface area (Å²) in [6.45, 7) is 4.81. The number of nitrogens with one attached hydrogen (secondary N) is 2. The van der Waals surface area contributed by atoms with Crippen molar-refractivity contribution < 1.29 is 8.42 Å². The Bertz CT molecular complexity index is 773. The van der Waals surface area contributed by atoms with Gasteiger partial charge in [-0.15, -0.1) is 0 Å². The molecule has 0 radical (unpaired) electrons. The van der Waals surface area contributed by atoms with Gasteiger partial charge >= 0.3 is 0 Å². The van der Waals surface area contributed by atoms with Crippen LogP contribution in [0.15, 0.2) is 29.3 Å². The Morgan fingerprint density at radius 1 is 1.38 bits per heavy atom. The van der Waals surface area contributed by atoms with E-state index in [4.69, 9.17) is 5.73 Å². The fourth-order valence-corrected chi connectivity index (χ4v) is 4.09. The quantitative estimate of drug-likeness (QED) is 0.741. The van der Waals surface area contributed by atoms with Crippen LogP contribution in [0.5, 0.6) is 0 Å². The van der Waals surface area contributed by atoms with Crippen molar-refractivity contribution in [3.8, 4) is 0 Å². The Kier molecular flexibility index (Phi) is 3.26. The Balaban J connectivity index is 1.87. The number of aromatic nitrogens is 1. The molecule has 1 saturated carbocycles. The van der Waals surface area contributed by atoms with Crippen LogP contribution < -0.4 is 10.5 Å². The van der Waals surface area contributed by atoms with E-state index in [2.05, 4.69) is 23.6 Å². The van der Waals surface area contributed by atoms with Gasteiger partial charge in [-0.25, -0.2) is 13.1 Å². The van der Waals surface area contributed by atoms with Crippen LogP contribution in [0.25, 0.3) is 10.9 Å². The lowest BCUT2D eigenvalue weighted by Crippen LogP contribution is -2.32. The number of hydrogen-bond acceptors (Lipinski definition) is 3. The molecule has 0 aliphatic heterocycles. The van der Waals surface area contributed by atoms with E-state index in [-0.39, 0.29) is 10.3 Å². The van der Waals surface area contributed by atoms with Gasteiger partial charge in [-0.1, -0.05) is 13.8 Å². The largest absolute Gasteiger partial charge is 0.399 e. The molecule has 6 heteroatoms. The molecule has 0 atom stereocenters. The second-order valence-corrected chi connectivity index (χ2v) is 8.03. The molecule has 3 rings (SSSR count). The Morgan fingerprint density at radius 2 is 2.10 bits per heavy atom. The molecule has 1 aliphatic carbocycles. The molecule has 5 nitrogen and oxygen atoms in total. The number of H-pyrrole nitrogens is 1. The first-order chi connectivity index (χ1) is 9.84. The molecule has 1 heterocycles. The zero-order valence-electron chi connectivity index (χ0n) is 12.3. The number of hydrogen-bond donors (Lipinski definition) is 3. The first kappa shape index (κ1) is 14.4. The number of benzene rings is 1. The third kappa shape index (κ3) is 2.53. The van der Waals surface area contributed by atoms with E-state index >= 15 is 0 Å². The van der Waals surface area contributed by atoms with Crippen LogP contribution in [-0.4, -0.2) is 19.9 Å². The highest BCUT2D eigenvalue weighted by atomic mass is 32.2. The summed E-state index contributed by atoms with van der Waals surface area (Å²) in [5, 5.41) is 0.672. The fraction of sp³-hybridized carbons (Fsp3) is 0.467. The number of anilines is 1. The van der Waals surface area contributed by atoms with Crippen molar-refractivity contribution in [3.05, 3.63) is 24.4 Å². The highest BCUT2D eigenvalue weighted by Gasteiger charge is 2.45. The Labute approximate surface area is 125 Å². The van der Waals surface area contributed by atoms with E-state index < -0.39 is 10.0 Å². The monoisotopic (exact) mass is 307 g/mol. The van der Waals surface area contributed by atoms with Gasteiger partial charge in [0.15, 0.2) is 0 Å². The minimum absolute atomic E-state index is 0.142. The van der Waals surface area contributed by atoms with Crippen LogP contribution in [0, 0.1) is 11.3 Å². The predicted molar refractivity (Wildman–Crippen MR) is 84.4 cm³/mol. The lowest BCUT2D eigenvalue weighted by molar-refractivity contribution is 0.357. The van der Waals surface area contributed by atoms with Gasteiger partial charge < -0.3 is 10.7 Å². The van der Waals surface area contributed by atoms with Gasteiger partial charge in [0.05, 0.1) is 0 Å². The van der Waals surface area contributed by atoms with Gasteiger partial charge in [0.1, 0.15) is 4.90 Å². The molecule has 0 unspecified atom stereocenters. The third-order valence-electron chi connectivity index (χ3n) is 4.69. The Morgan fingerprint density at radius 3 is 2.71 bits per heavy atom. The number of aromatic amines is 1. The maximum atomic E-state index is 12.5. The first-order valence-corrected chi connectivity index (χ1v) is 8.69. The molecular weight excluding hydrogens is 286 g/mol. The highest BCUT2D eigenvalue weighted by molar-refractivity contribution is 7.89. The molecule has 0 saturated heterocycles. The van der Waals surface area contributed by atoms with Crippen molar-refractivity contribution in [2.75, 3.05) is 12.3 Å². The van der Waals surface area contributed by atoms with E-state index in [9.17, 15) is 8.42 Å². The Hall–Kier alpha value is -1.53. The van der Waals surface area contributed by atoms with Crippen molar-refractivity contribution in [2.45, 2.75) is 31.6 Å². The molecular formula is C15H21N3O2S. The van der Waals surface area contributed by atoms with E-state index in [1.807, 2.05) is 0 Å². The summed E-state index contributed by atoms with van der Waals surface area (Å²) in [5.41, 5.74) is 7.20. The summed E-state index contributed by atoms with van der Waals surface area (Å²) in [6, 6.07) is 5.20. The molecule has 0 bridgehead atoms. The maximum Gasteiger partial charge on any atom is 0.242 e. The summed E-state index contributed by atoms with van der Waals surface area (Å²) in [4.78, 5) is 3.26. The summed E-state index contributed by atoms with van der Waals surface area (Å²) in [7, 11) is -3.51. The molecule has 0 spiro atoms. The van der Waals surface area contributed by atoms with Crippen molar-refractivity contribution in [2.24, 2.45) is 11.3 Å². The average Bonchev–Trinajstić information content (AvgIpc) is 3.10. The van der Waals surface area contributed by atoms with Gasteiger partial charge in [-0.2, -0.15) is 0 Å². The molecule has 1 fully saturated rings. The normalized spacial score (nSPS) is 17.5. The predicted octanol–water partition coefficient (Wildman–Crippen LogP) is 2.46. The van der Waals surface area contributed by atoms with Crippen LogP contribution in [0.4, 0.5) is 5.69 Å². The molecule has 1 aromatic carbocycles. The molecule has 1 aromatic heterocycles. The highest BCUT2D eigenvalue weighted by Crippen LogP contribution is 2.51. The number of nitrogens with two attached hydrogens (primary N) is 1. The summed E-state index contributed by atoms with van der Waals surface area (Å²) in [6.07, 6.45) is 3.72. The van der Waals surface area contributed by atoms with Crippen LogP contribution in [0.3, 0.4) is 0 Å². The second kappa shape index (κ2) is 4.74. The number of nitrogen functional groups attached to an aromatic ring is 1. The van der Waals surface area contributed by atoms with Crippen molar-refractivity contribution in [1.29, 1.82) is 0 Å². The SMILES string of the molecule is CC(C)C1(CNS(=O)(=O)c2c[nH]c3cc(N)ccc23)CC1. The zero-order valence-corrected chi connectivity index (χ0v) is 13.1. The topological polar surface area (TPSA) is 88.0 Å². The van der Waals surface area contributed by atoms with E-state index in [1.54, 1.807) is 18.2 Å². The summed E-state index contributed by atoms with van der Waals surface area (Å²) in [5.74, 6) is 0.489. The van der Waals surface area contributed by atoms with Crippen molar-refractivity contribution in [1.82, 2.24) is 9.71 Å².